The Bertz CT molecular complexity index is 351. The minimum atomic E-state index is 0.570. The average molecular weight is 264 g/mol. The van der Waals surface area contributed by atoms with Gasteiger partial charge in [0.15, 0.2) is 0 Å². The summed E-state index contributed by atoms with van der Waals surface area (Å²) in [6, 6.07) is 1.89. The molecule has 1 heterocycles. The third kappa shape index (κ3) is 1.90. The molecule has 4 aliphatic rings. The van der Waals surface area contributed by atoms with Crippen molar-refractivity contribution < 1.29 is 0 Å². The summed E-state index contributed by atoms with van der Waals surface area (Å²) in [5.41, 5.74) is 0.570. The standard InChI is InChI=1S/C17H32N2/c1-9-8-18-16(12(4)19-9)15-11(3)10(2)13-7-14(15)17(13,5)6/h9-16,18-19H,7-8H2,1-6H3/t9-,10+,11+,12+,13+,14?,15?,16?/m1/s1. The Labute approximate surface area is 119 Å². The summed E-state index contributed by atoms with van der Waals surface area (Å²) in [5.74, 6) is 4.50. The summed E-state index contributed by atoms with van der Waals surface area (Å²) in [6.45, 7) is 15.8. The molecule has 0 spiro atoms. The molecule has 4 fully saturated rings. The van der Waals surface area contributed by atoms with E-state index < -0.39 is 0 Å². The van der Waals surface area contributed by atoms with Crippen LogP contribution in [0, 0.1) is 35.0 Å². The van der Waals surface area contributed by atoms with Gasteiger partial charge in [0.25, 0.3) is 0 Å². The van der Waals surface area contributed by atoms with E-state index in [0.717, 1.165) is 36.1 Å². The first-order valence-corrected chi connectivity index (χ1v) is 8.33. The lowest BCUT2D eigenvalue weighted by molar-refractivity contribution is -0.177. The molecule has 1 aliphatic heterocycles. The Morgan fingerprint density at radius 2 is 1.63 bits per heavy atom. The molecule has 19 heavy (non-hydrogen) atoms. The third-order valence-corrected chi connectivity index (χ3v) is 7.12. The largest absolute Gasteiger partial charge is 0.311 e. The van der Waals surface area contributed by atoms with Crippen LogP contribution in [0.1, 0.15) is 48.0 Å². The minimum absolute atomic E-state index is 0.570. The van der Waals surface area contributed by atoms with Crippen molar-refractivity contribution in [2.24, 2.45) is 35.0 Å². The summed E-state index contributed by atoms with van der Waals surface area (Å²) in [4.78, 5) is 0. The van der Waals surface area contributed by atoms with Crippen LogP contribution in [-0.2, 0) is 0 Å². The van der Waals surface area contributed by atoms with Gasteiger partial charge in [0, 0.05) is 24.7 Å². The highest BCUT2D eigenvalue weighted by atomic mass is 15.1. The van der Waals surface area contributed by atoms with Crippen molar-refractivity contribution >= 4 is 0 Å². The predicted molar refractivity (Wildman–Crippen MR) is 81.0 cm³/mol. The van der Waals surface area contributed by atoms with Crippen molar-refractivity contribution in [3.05, 3.63) is 0 Å². The quantitative estimate of drug-likeness (QED) is 0.761. The highest BCUT2D eigenvalue weighted by Gasteiger charge is 2.61. The lowest BCUT2D eigenvalue weighted by atomic mass is 9.39. The summed E-state index contributed by atoms with van der Waals surface area (Å²) in [6.07, 6.45) is 1.48. The molecule has 3 aliphatic carbocycles. The van der Waals surface area contributed by atoms with E-state index in [4.69, 9.17) is 0 Å². The molecule has 0 radical (unpaired) electrons. The lowest BCUT2D eigenvalue weighted by Gasteiger charge is -2.67. The van der Waals surface area contributed by atoms with Crippen LogP contribution in [0.2, 0.25) is 0 Å². The van der Waals surface area contributed by atoms with E-state index in [1.54, 1.807) is 0 Å². The van der Waals surface area contributed by atoms with Gasteiger partial charge in [-0.2, -0.15) is 0 Å². The Hall–Kier alpha value is -0.0800. The number of piperazine rings is 1. The SMILES string of the molecule is C[C@H]1[C@H](C)C(C2NC[C@@H](C)N[C@H]2C)C2C[C@@H]1C2(C)C. The van der Waals surface area contributed by atoms with Gasteiger partial charge in [-0.3, -0.25) is 0 Å². The maximum atomic E-state index is 3.87. The Kier molecular flexibility index (Phi) is 3.26. The topological polar surface area (TPSA) is 24.1 Å². The van der Waals surface area contributed by atoms with Gasteiger partial charge in [-0.25, -0.2) is 0 Å². The van der Waals surface area contributed by atoms with E-state index >= 15 is 0 Å². The number of rotatable bonds is 1. The number of nitrogens with one attached hydrogen (secondary N) is 2. The van der Waals surface area contributed by atoms with Crippen LogP contribution in [0.3, 0.4) is 0 Å². The number of hydrogen-bond acceptors (Lipinski definition) is 2. The number of hydrogen-bond donors (Lipinski definition) is 2. The predicted octanol–water partition coefficient (Wildman–Crippen LogP) is 2.89. The maximum Gasteiger partial charge on any atom is 0.0252 e. The molecule has 8 atom stereocenters. The molecule has 110 valence electrons. The third-order valence-electron chi connectivity index (χ3n) is 7.12. The van der Waals surface area contributed by atoms with Crippen LogP contribution in [-0.4, -0.2) is 24.7 Å². The van der Waals surface area contributed by atoms with E-state index in [-0.39, 0.29) is 0 Å². The van der Waals surface area contributed by atoms with Gasteiger partial charge in [-0.05, 0) is 55.3 Å². The minimum Gasteiger partial charge on any atom is -0.311 e. The Morgan fingerprint density at radius 3 is 2.21 bits per heavy atom. The van der Waals surface area contributed by atoms with Gasteiger partial charge in [0.05, 0.1) is 0 Å². The van der Waals surface area contributed by atoms with Crippen molar-refractivity contribution in [2.45, 2.75) is 66.1 Å². The van der Waals surface area contributed by atoms with Crippen molar-refractivity contribution in [1.29, 1.82) is 0 Å². The van der Waals surface area contributed by atoms with E-state index in [9.17, 15) is 0 Å². The van der Waals surface area contributed by atoms with E-state index in [1.165, 1.54) is 6.42 Å². The van der Waals surface area contributed by atoms with Gasteiger partial charge >= 0.3 is 0 Å². The maximum absolute atomic E-state index is 3.87. The fourth-order valence-corrected chi connectivity index (χ4v) is 5.77. The van der Waals surface area contributed by atoms with Gasteiger partial charge in [-0.1, -0.05) is 27.7 Å². The van der Waals surface area contributed by atoms with Crippen LogP contribution in [0.15, 0.2) is 0 Å². The van der Waals surface area contributed by atoms with Crippen molar-refractivity contribution in [3.63, 3.8) is 0 Å². The van der Waals surface area contributed by atoms with Crippen LogP contribution in [0.5, 0.6) is 0 Å². The zero-order valence-electron chi connectivity index (χ0n) is 13.5. The summed E-state index contributed by atoms with van der Waals surface area (Å²) in [5, 5.41) is 7.63. The molecule has 2 heteroatoms. The first kappa shape index (κ1) is 13.9. The molecular weight excluding hydrogens is 232 g/mol. The highest BCUT2D eigenvalue weighted by Crippen LogP contribution is 2.65. The molecule has 2 N–H and O–H groups in total. The number of fused-ring (bicyclic) bond motifs is 2. The fraction of sp³-hybridized carbons (Fsp3) is 1.00. The molecule has 0 aromatic carbocycles. The van der Waals surface area contributed by atoms with Crippen LogP contribution < -0.4 is 10.6 Å². The van der Waals surface area contributed by atoms with Crippen molar-refractivity contribution in [2.75, 3.05) is 6.54 Å². The normalized spacial score (nSPS) is 56.5. The molecule has 0 aromatic heterocycles. The van der Waals surface area contributed by atoms with Gasteiger partial charge in [0.1, 0.15) is 0 Å². The second-order valence-corrected chi connectivity index (χ2v) is 8.36. The molecule has 4 rings (SSSR count). The summed E-state index contributed by atoms with van der Waals surface area (Å²) < 4.78 is 0. The second kappa shape index (κ2) is 4.46. The average Bonchev–Trinajstić information content (AvgIpc) is 2.32. The van der Waals surface area contributed by atoms with Gasteiger partial charge < -0.3 is 10.6 Å². The van der Waals surface area contributed by atoms with Crippen molar-refractivity contribution in [1.82, 2.24) is 10.6 Å². The Balaban J connectivity index is 1.83. The zero-order chi connectivity index (χ0) is 13.9. The van der Waals surface area contributed by atoms with E-state index in [1.807, 2.05) is 0 Å². The van der Waals surface area contributed by atoms with Gasteiger partial charge in [-0.15, -0.1) is 0 Å². The zero-order valence-corrected chi connectivity index (χ0v) is 13.5. The first-order chi connectivity index (χ1) is 8.84. The molecule has 2 nitrogen and oxygen atoms in total. The van der Waals surface area contributed by atoms with Crippen molar-refractivity contribution in [3.8, 4) is 0 Å². The summed E-state index contributed by atoms with van der Waals surface area (Å²) >= 11 is 0. The smallest absolute Gasteiger partial charge is 0.0252 e. The molecule has 1 saturated heterocycles. The van der Waals surface area contributed by atoms with Crippen LogP contribution in [0.4, 0.5) is 0 Å². The fourth-order valence-electron chi connectivity index (χ4n) is 5.77. The lowest BCUT2D eigenvalue weighted by Crippen LogP contribution is -2.69. The van der Waals surface area contributed by atoms with Gasteiger partial charge in [0.2, 0.25) is 0 Å². The van der Waals surface area contributed by atoms with Crippen LogP contribution >= 0.6 is 0 Å². The molecular formula is C17H32N2. The van der Waals surface area contributed by atoms with E-state index in [0.29, 0.717) is 23.5 Å². The Morgan fingerprint density at radius 1 is 0.947 bits per heavy atom. The second-order valence-electron chi connectivity index (χ2n) is 8.36. The van der Waals surface area contributed by atoms with Crippen LogP contribution in [0.25, 0.3) is 0 Å². The molecule has 0 aromatic rings. The van der Waals surface area contributed by atoms with E-state index in [2.05, 4.69) is 52.2 Å². The molecule has 3 unspecified atom stereocenters. The summed E-state index contributed by atoms with van der Waals surface area (Å²) in [7, 11) is 0. The molecule has 2 bridgehead atoms. The highest BCUT2D eigenvalue weighted by molar-refractivity contribution is 5.12. The molecule has 0 amide bonds. The first-order valence-electron chi connectivity index (χ1n) is 8.33. The monoisotopic (exact) mass is 264 g/mol. The molecule has 3 saturated carbocycles.